The summed E-state index contributed by atoms with van der Waals surface area (Å²) in [5, 5.41) is 0. The van der Waals surface area contributed by atoms with Gasteiger partial charge in [-0.05, 0) is 54.3 Å². The number of nitrogens with two attached hydrogens (primary N) is 1. The van der Waals surface area contributed by atoms with Crippen LogP contribution in [0, 0.1) is 5.92 Å². The van der Waals surface area contributed by atoms with Crippen molar-refractivity contribution in [2.75, 3.05) is 6.54 Å². The third-order valence-electron chi connectivity index (χ3n) is 2.75. The van der Waals surface area contributed by atoms with Crippen LogP contribution in [0.1, 0.15) is 17.9 Å². The number of thioether (sulfide) groups is 1. The van der Waals surface area contributed by atoms with Crippen molar-refractivity contribution in [2.24, 2.45) is 11.7 Å². The molecule has 1 aromatic carbocycles. The number of benzene rings is 1. The molecule has 1 aromatic rings. The third-order valence-corrected chi connectivity index (χ3v) is 3.47. The summed E-state index contributed by atoms with van der Waals surface area (Å²) in [6.07, 6.45) is 0.997. The second kappa shape index (κ2) is 4.30. The van der Waals surface area contributed by atoms with Crippen molar-refractivity contribution in [1.82, 2.24) is 0 Å². The molecule has 0 radical (unpaired) electrons. The number of hydrogen-bond donors (Lipinski definition) is 1. The standard InChI is InChI=1S/C11H12F3NS/c12-11(13,14)16-9-3-1-2-7(4-9)10-5-8(10)6-15/h1-4,8,10H,5-6,15H2/t8-,10-/m0/s1. The van der Waals surface area contributed by atoms with Gasteiger partial charge in [-0.1, -0.05) is 12.1 Å². The predicted molar refractivity (Wildman–Crippen MR) is 58.3 cm³/mol. The fourth-order valence-corrected chi connectivity index (χ4v) is 2.47. The van der Waals surface area contributed by atoms with Crippen molar-refractivity contribution in [3.63, 3.8) is 0 Å². The van der Waals surface area contributed by atoms with Crippen molar-refractivity contribution < 1.29 is 13.2 Å². The van der Waals surface area contributed by atoms with Gasteiger partial charge in [0, 0.05) is 4.90 Å². The van der Waals surface area contributed by atoms with E-state index in [0.717, 1.165) is 12.0 Å². The smallest absolute Gasteiger partial charge is 0.330 e. The molecule has 2 rings (SSSR count). The normalized spacial score (nSPS) is 24.5. The van der Waals surface area contributed by atoms with Crippen LogP contribution in [0.25, 0.3) is 0 Å². The molecular weight excluding hydrogens is 235 g/mol. The van der Waals surface area contributed by atoms with Gasteiger partial charge in [0.15, 0.2) is 0 Å². The van der Waals surface area contributed by atoms with Gasteiger partial charge >= 0.3 is 5.51 Å². The van der Waals surface area contributed by atoms with Crippen LogP contribution < -0.4 is 5.73 Å². The molecular formula is C11H12F3NS. The van der Waals surface area contributed by atoms with E-state index in [2.05, 4.69) is 0 Å². The maximum atomic E-state index is 12.2. The first kappa shape index (κ1) is 11.8. The fraction of sp³-hybridized carbons (Fsp3) is 0.455. The van der Waals surface area contributed by atoms with Crippen LogP contribution in [0.15, 0.2) is 29.2 Å². The van der Waals surface area contributed by atoms with Crippen LogP contribution in [0.5, 0.6) is 0 Å². The zero-order valence-electron chi connectivity index (χ0n) is 8.50. The van der Waals surface area contributed by atoms with E-state index >= 15 is 0 Å². The van der Waals surface area contributed by atoms with Gasteiger partial charge in [-0.25, -0.2) is 0 Å². The second-order valence-corrected chi connectivity index (χ2v) is 5.10. The Morgan fingerprint density at radius 2 is 2.12 bits per heavy atom. The average molecular weight is 247 g/mol. The quantitative estimate of drug-likeness (QED) is 0.829. The maximum absolute atomic E-state index is 12.2. The number of hydrogen-bond acceptors (Lipinski definition) is 2. The van der Waals surface area contributed by atoms with E-state index in [4.69, 9.17) is 5.73 Å². The van der Waals surface area contributed by atoms with E-state index < -0.39 is 5.51 Å². The van der Waals surface area contributed by atoms with Crippen molar-refractivity contribution in [3.8, 4) is 0 Å². The lowest BCUT2D eigenvalue weighted by molar-refractivity contribution is -0.0328. The van der Waals surface area contributed by atoms with Crippen LogP contribution in [-0.2, 0) is 0 Å². The van der Waals surface area contributed by atoms with Crippen molar-refractivity contribution in [3.05, 3.63) is 29.8 Å². The summed E-state index contributed by atoms with van der Waals surface area (Å²) in [6, 6.07) is 6.66. The molecule has 0 saturated heterocycles. The van der Waals surface area contributed by atoms with Gasteiger partial charge in [-0.3, -0.25) is 0 Å². The molecule has 0 unspecified atom stereocenters. The Morgan fingerprint density at radius 3 is 2.69 bits per heavy atom. The van der Waals surface area contributed by atoms with Crippen LogP contribution in [0.4, 0.5) is 13.2 Å². The lowest BCUT2D eigenvalue weighted by atomic mass is 10.1. The summed E-state index contributed by atoms with van der Waals surface area (Å²) < 4.78 is 36.5. The highest BCUT2D eigenvalue weighted by atomic mass is 32.2. The van der Waals surface area contributed by atoms with Crippen molar-refractivity contribution in [1.29, 1.82) is 0 Å². The first-order chi connectivity index (χ1) is 7.49. The first-order valence-corrected chi connectivity index (χ1v) is 5.87. The van der Waals surface area contributed by atoms with E-state index in [1.54, 1.807) is 12.1 Å². The highest BCUT2D eigenvalue weighted by Crippen LogP contribution is 2.47. The van der Waals surface area contributed by atoms with Gasteiger partial charge < -0.3 is 5.73 Å². The summed E-state index contributed by atoms with van der Waals surface area (Å²) in [6.45, 7) is 0.612. The Balaban J connectivity index is 2.09. The predicted octanol–water partition coefficient (Wildman–Crippen LogP) is 3.36. The topological polar surface area (TPSA) is 26.0 Å². The molecule has 2 atom stereocenters. The average Bonchev–Trinajstić information content (AvgIpc) is 2.94. The highest BCUT2D eigenvalue weighted by molar-refractivity contribution is 8.00. The molecule has 0 heterocycles. The van der Waals surface area contributed by atoms with Gasteiger partial charge in [-0.15, -0.1) is 0 Å². The Morgan fingerprint density at radius 1 is 1.38 bits per heavy atom. The molecule has 0 aliphatic heterocycles. The molecule has 88 valence electrons. The zero-order valence-corrected chi connectivity index (χ0v) is 9.31. The molecule has 16 heavy (non-hydrogen) atoms. The molecule has 0 amide bonds. The van der Waals surface area contributed by atoms with Crippen molar-refractivity contribution >= 4 is 11.8 Å². The Labute approximate surface area is 96.2 Å². The fourth-order valence-electron chi connectivity index (χ4n) is 1.86. The van der Waals surface area contributed by atoms with E-state index in [9.17, 15) is 13.2 Å². The lowest BCUT2D eigenvalue weighted by Crippen LogP contribution is -2.02. The Bertz CT molecular complexity index is 378. The molecule has 0 aromatic heterocycles. The number of rotatable bonds is 3. The minimum Gasteiger partial charge on any atom is -0.330 e. The van der Waals surface area contributed by atoms with Gasteiger partial charge in [0.2, 0.25) is 0 Å². The summed E-state index contributed by atoms with van der Waals surface area (Å²) in [4.78, 5) is 0.257. The van der Waals surface area contributed by atoms with E-state index in [0.29, 0.717) is 18.4 Å². The second-order valence-electron chi connectivity index (χ2n) is 3.96. The molecule has 0 bridgehead atoms. The minimum atomic E-state index is -4.21. The Hall–Kier alpha value is -0.680. The van der Waals surface area contributed by atoms with E-state index in [1.807, 2.05) is 6.07 Å². The van der Waals surface area contributed by atoms with Crippen LogP contribution in [0.3, 0.4) is 0 Å². The van der Waals surface area contributed by atoms with Gasteiger partial charge in [-0.2, -0.15) is 13.2 Å². The molecule has 0 spiro atoms. The highest BCUT2D eigenvalue weighted by Gasteiger charge is 2.37. The molecule has 1 nitrogen and oxygen atoms in total. The molecule has 1 fully saturated rings. The van der Waals surface area contributed by atoms with Crippen LogP contribution in [0.2, 0.25) is 0 Å². The number of halogens is 3. The van der Waals surface area contributed by atoms with E-state index in [1.165, 1.54) is 6.07 Å². The van der Waals surface area contributed by atoms with Gasteiger partial charge in [0.1, 0.15) is 0 Å². The van der Waals surface area contributed by atoms with E-state index in [-0.39, 0.29) is 16.7 Å². The molecule has 1 aliphatic rings. The molecule has 2 N–H and O–H groups in total. The Kier molecular flexibility index (Phi) is 3.17. The SMILES string of the molecule is NC[C@@H]1C[C@H]1c1cccc(SC(F)(F)F)c1. The number of alkyl halides is 3. The van der Waals surface area contributed by atoms with Crippen LogP contribution >= 0.6 is 11.8 Å². The minimum absolute atomic E-state index is 0.0623. The maximum Gasteiger partial charge on any atom is 0.446 e. The zero-order chi connectivity index (χ0) is 11.8. The first-order valence-electron chi connectivity index (χ1n) is 5.05. The van der Waals surface area contributed by atoms with Gasteiger partial charge in [0.25, 0.3) is 0 Å². The summed E-state index contributed by atoms with van der Waals surface area (Å²) in [5.74, 6) is 0.810. The summed E-state index contributed by atoms with van der Waals surface area (Å²) in [7, 11) is 0. The van der Waals surface area contributed by atoms with Gasteiger partial charge in [0.05, 0.1) is 0 Å². The monoisotopic (exact) mass is 247 g/mol. The lowest BCUT2D eigenvalue weighted by Gasteiger charge is -2.07. The third kappa shape index (κ3) is 2.92. The summed E-state index contributed by atoms with van der Waals surface area (Å²) in [5.41, 5.74) is 2.28. The molecule has 5 heteroatoms. The molecule has 1 aliphatic carbocycles. The van der Waals surface area contributed by atoms with Crippen molar-refractivity contribution in [2.45, 2.75) is 22.7 Å². The largest absolute Gasteiger partial charge is 0.446 e. The summed E-state index contributed by atoms with van der Waals surface area (Å²) >= 11 is -0.0623. The van der Waals surface area contributed by atoms with Crippen LogP contribution in [-0.4, -0.2) is 12.1 Å². The molecule has 1 saturated carbocycles.